The Bertz CT molecular complexity index is 394. The average molecular weight is 358 g/mol. The molecule has 0 aliphatic rings. The van der Waals surface area contributed by atoms with Gasteiger partial charge in [-0.1, -0.05) is 36.7 Å². The predicted molar refractivity (Wildman–Crippen MR) is 91.9 cm³/mol. The van der Waals surface area contributed by atoms with Crippen LogP contribution in [-0.4, -0.2) is 33.4 Å². The lowest BCUT2D eigenvalue weighted by Crippen LogP contribution is -2.38. The van der Waals surface area contributed by atoms with Crippen LogP contribution in [0.2, 0.25) is 0 Å². The SMILES string of the molecule is COCCNCC(C)(CCOc1ccc(Br)cc1)C(C)C. The van der Waals surface area contributed by atoms with Gasteiger partial charge in [-0.05, 0) is 42.0 Å². The Morgan fingerprint density at radius 1 is 1.19 bits per heavy atom. The van der Waals surface area contributed by atoms with E-state index in [2.05, 4.69) is 42.0 Å². The minimum absolute atomic E-state index is 0.225. The maximum absolute atomic E-state index is 5.86. The van der Waals surface area contributed by atoms with E-state index in [1.54, 1.807) is 7.11 Å². The summed E-state index contributed by atoms with van der Waals surface area (Å²) in [7, 11) is 1.73. The molecule has 1 aromatic rings. The lowest BCUT2D eigenvalue weighted by atomic mass is 9.76. The standard InChI is InChI=1S/C17H28BrNO2/c1-14(2)17(3,13-19-10-12-20-4)9-11-21-16-7-5-15(18)6-8-16/h5-8,14,19H,9-13H2,1-4H3. The van der Waals surface area contributed by atoms with Crippen LogP contribution in [0.25, 0.3) is 0 Å². The van der Waals surface area contributed by atoms with Gasteiger partial charge in [0.2, 0.25) is 0 Å². The van der Waals surface area contributed by atoms with Crippen LogP contribution in [-0.2, 0) is 4.74 Å². The van der Waals surface area contributed by atoms with Crippen LogP contribution in [0.15, 0.2) is 28.7 Å². The summed E-state index contributed by atoms with van der Waals surface area (Å²) < 4.78 is 12.0. The summed E-state index contributed by atoms with van der Waals surface area (Å²) in [6, 6.07) is 7.99. The van der Waals surface area contributed by atoms with E-state index in [0.29, 0.717) is 5.92 Å². The molecule has 1 N–H and O–H groups in total. The molecule has 21 heavy (non-hydrogen) atoms. The van der Waals surface area contributed by atoms with E-state index >= 15 is 0 Å². The molecule has 120 valence electrons. The third kappa shape index (κ3) is 6.81. The fourth-order valence-electron chi connectivity index (χ4n) is 2.06. The summed E-state index contributed by atoms with van der Waals surface area (Å²) in [5, 5.41) is 3.48. The van der Waals surface area contributed by atoms with Crippen LogP contribution >= 0.6 is 15.9 Å². The highest BCUT2D eigenvalue weighted by Crippen LogP contribution is 2.30. The summed E-state index contributed by atoms with van der Waals surface area (Å²) in [5.74, 6) is 1.53. The molecule has 0 bridgehead atoms. The zero-order valence-corrected chi connectivity index (χ0v) is 15.2. The molecule has 0 heterocycles. The molecule has 0 fully saturated rings. The zero-order valence-electron chi connectivity index (χ0n) is 13.6. The van der Waals surface area contributed by atoms with Crippen molar-refractivity contribution in [1.82, 2.24) is 5.32 Å². The first-order chi connectivity index (χ1) is 9.98. The van der Waals surface area contributed by atoms with Crippen molar-refractivity contribution in [3.63, 3.8) is 0 Å². The molecule has 0 aliphatic carbocycles. The number of halogens is 1. The highest BCUT2D eigenvalue weighted by atomic mass is 79.9. The summed E-state index contributed by atoms with van der Waals surface area (Å²) in [4.78, 5) is 0. The summed E-state index contributed by atoms with van der Waals surface area (Å²) in [5.41, 5.74) is 0.225. The lowest BCUT2D eigenvalue weighted by Gasteiger charge is -2.34. The Morgan fingerprint density at radius 3 is 2.43 bits per heavy atom. The maximum atomic E-state index is 5.86. The van der Waals surface area contributed by atoms with Crippen molar-refractivity contribution in [2.75, 3.05) is 33.4 Å². The molecule has 1 aromatic carbocycles. The third-order valence-corrected chi connectivity index (χ3v) is 4.69. The number of nitrogens with one attached hydrogen (secondary N) is 1. The van der Waals surface area contributed by atoms with Gasteiger partial charge in [0.1, 0.15) is 5.75 Å². The Morgan fingerprint density at radius 2 is 1.86 bits per heavy atom. The molecular weight excluding hydrogens is 330 g/mol. The third-order valence-electron chi connectivity index (χ3n) is 4.16. The Labute approximate surface area is 137 Å². The van der Waals surface area contributed by atoms with Gasteiger partial charge in [-0.2, -0.15) is 0 Å². The highest BCUT2D eigenvalue weighted by Gasteiger charge is 2.27. The van der Waals surface area contributed by atoms with Gasteiger partial charge < -0.3 is 14.8 Å². The number of rotatable bonds is 10. The maximum Gasteiger partial charge on any atom is 0.119 e. The Balaban J connectivity index is 2.40. The largest absolute Gasteiger partial charge is 0.494 e. The van der Waals surface area contributed by atoms with Crippen molar-refractivity contribution in [1.29, 1.82) is 0 Å². The summed E-state index contributed by atoms with van der Waals surface area (Å²) in [6.45, 7) is 10.2. The van der Waals surface area contributed by atoms with Crippen molar-refractivity contribution in [3.05, 3.63) is 28.7 Å². The van der Waals surface area contributed by atoms with E-state index in [4.69, 9.17) is 9.47 Å². The predicted octanol–water partition coefficient (Wildman–Crippen LogP) is 4.12. The second-order valence-corrected chi connectivity index (χ2v) is 6.95. The van der Waals surface area contributed by atoms with E-state index in [1.165, 1.54) is 0 Å². The lowest BCUT2D eigenvalue weighted by molar-refractivity contribution is 0.142. The van der Waals surface area contributed by atoms with Crippen molar-refractivity contribution in [3.8, 4) is 5.75 Å². The molecule has 0 saturated heterocycles. The second-order valence-electron chi connectivity index (χ2n) is 6.03. The van der Waals surface area contributed by atoms with Gasteiger partial charge in [0, 0.05) is 24.7 Å². The van der Waals surface area contributed by atoms with E-state index in [0.717, 1.165) is 42.9 Å². The number of ether oxygens (including phenoxy) is 2. The molecule has 0 amide bonds. The Hall–Kier alpha value is -0.580. The van der Waals surface area contributed by atoms with Crippen LogP contribution in [0.5, 0.6) is 5.75 Å². The normalized spacial score (nSPS) is 14.2. The van der Waals surface area contributed by atoms with Gasteiger partial charge in [0.05, 0.1) is 13.2 Å². The van der Waals surface area contributed by atoms with Crippen molar-refractivity contribution >= 4 is 15.9 Å². The van der Waals surface area contributed by atoms with Crippen molar-refractivity contribution in [2.24, 2.45) is 11.3 Å². The monoisotopic (exact) mass is 357 g/mol. The topological polar surface area (TPSA) is 30.5 Å². The molecule has 3 nitrogen and oxygen atoms in total. The van der Waals surface area contributed by atoms with Crippen LogP contribution in [0.4, 0.5) is 0 Å². The van der Waals surface area contributed by atoms with Gasteiger partial charge in [-0.3, -0.25) is 0 Å². The zero-order chi connectivity index (χ0) is 15.7. The second kappa shape index (κ2) is 9.44. The number of benzene rings is 1. The van der Waals surface area contributed by atoms with Crippen LogP contribution in [0.1, 0.15) is 27.2 Å². The smallest absolute Gasteiger partial charge is 0.119 e. The molecule has 0 aliphatic heterocycles. The number of hydrogen-bond acceptors (Lipinski definition) is 3. The highest BCUT2D eigenvalue weighted by molar-refractivity contribution is 9.10. The van der Waals surface area contributed by atoms with E-state index < -0.39 is 0 Å². The Kier molecular flexibility index (Phi) is 8.30. The molecule has 0 aromatic heterocycles. The number of hydrogen-bond donors (Lipinski definition) is 1. The first-order valence-corrected chi connectivity index (χ1v) is 8.35. The molecule has 4 heteroatoms. The fraction of sp³-hybridized carbons (Fsp3) is 0.647. The van der Waals surface area contributed by atoms with Gasteiger partial charge in [0.25, 0.3) is 0 Å². The van der Waals surface area contributed by atoms with Crippen molar-refractivity contribution < 1.29 is 9.47 Å². The first-order valence-electron chi connectivity index (χ1n) is 7.56. The quantitative estimate of drug-likeness (QED) is 0.639. The summed E-state index contributed by atoms with van der Waals surface area (Å²) in [6.07, 6.45) is 1.03. The minimum Gasteiger partial charge on any atom is -0.494 e. The van der Waals surface area contributed by atoms with Gasteiger partial charge in [-0.25, -0.2) is 0 Å². The molecule has 1 atom stereocenters. The summed E-state index contributed by atoms with van der Waals surface area (Å²) >= 11 is 3.43. The number of methoxy groups -OCH3 is 1. The van der Waals surface area contributed by atoms with Gasteiger partial charge >= 0.3 is 0 Å². The molecule has 1 unspecified atom stereocenters. The average Bonchev–Trinajstić information content (AvgIpc) is 2.46. The minimum atomic E-state index is 0.225. The van der Waals surface area contributed by atoms with Crippen LogP contribution in [0, 0.1) is 11.3 Å². The van der Waals surface area contributed by atoms with Gasteiger partial charge in [0.15, 0.2) is 0 Å². The molecule has 1 rings (SSSR count). The molecule has 0 spiro atoms. The molecule has 0 radical (unpaired) electrons. The van der Waals surface area contributed by atoms with Gasteiger partial charge in [-0.15, -0.1) is 0 Å². The fourth-order valence-corrected chi connectivity index (χ4v) is 2.33. The van der Waals surface area contributed by atoms with Crippen molar-refractivity contribution in [2.45, 2.75) is 27.2 Å². The van der Waals surface area contributed by atoms with E-state index in [9.17, 15) is 0 Å². The molecular formula is C17H28BrNO2. The molecule has 0 saturated carbocycles. The van der Waals surface area contributed by atoms with Crippen LogP contribution in [0.3, 0.4) is 0 Å². The van der Waals surface area contributed by atoms with Crippen LogP contribution < -0.4 is 10.1 Å². The van der Waals surface area contributed by atoms with E-state index in [1.807, 2.05) is 24.3 Å². The first kappa shape index (κ1) is 18.5. The van der Waals surface area contributed by atoms with E-state index in [-0.39, 0.29) is 5.41 Å².